The summed E-state index contributed by atoms with van der Waals surface area (Å²) in [6.07, 6.45) is 2.63. The molecule has 0 spiro atoms. The minimum absolute atomic E-state index is 0.0445. The first-order chi connectivity index (χ1) is 12.3. The third kappa shape index (κ3) is 3.42. The predicted molar refractivity (Wildman–Crippen MR) is 95.3 cm³/mol. The van der Waals surface area contributed by atoms with Crippen LogP contribution in [0.3, 0.4) is 0 Å². The number of aromatic nitrogens is 3. The molecule has 10 heteroatoms. The number of hydrogen-bond donors (Lipinski definition) is 2. The Kier molecular flexibility index (Phi) is 4.96. The third-order valence-corrected chi connectivity index (χ3v) is 5.60. The second-order valence-electron chi connectivity index (χ2n) is 7.18. The van der Waals surface area contributed by atoms with Crippen LogP contribution in [0.25, 0.3) is 0 Å². The molecule has 1 saturated heterocycles. The predicted octanol–water partition coefficient (Wildman–Crippen LogP) is 1.58. The molecule has 0 bridgehead atoms. The van der Waals surface area contributed by atoms with Gasteiger partial charge in [-0.1, -0.05) is 32.5 Å². The number of hydrogen-bond acceptors (Lipinski definition) is 6. The fourth-order valence-electron chi connectivity index (χ4n) is 2.77. The van der Waals surface area contributed by atoms with E-state index in [1.165, 1.54) is 11.8 Å². The molecule has 2 N–H and O–H groups in total. The minimum atomic E-state index is -0.976. The molecule has 1 aromatic rings. The summed E-state index contributed by atoms with van der Waals surface area (Å²) in [6.45, 7) is 7.56. The molecule has 1 aromatic heterocycles. The highest BCUT2D eigenvalue weighted by molar-refractivity contribution is 7.99. The van der Waals surface area contributed by atoms with Crippen molar-refractivity contribution in [2.24, 2.45) is 0 Å². The molecule has 4 amide bonds. The molecule has 1 unspecified atom stereocenters. The van der Waals surface area contributed by atoms with Crippen molar-refractivity contribution < 1.29 is 14.4 Å². The van der Waals surface area contributed by atoms with Gasteiger partial charge in [-0.05, 0) is 26.2 Å². The molecule has 3 rings (SSSR count). The highest BCUT2D eigenvalue weighted by Crippen LogP contribution is 2.40. The van der Waals surface area contributed by atoms with Gasteiger partial charge in [-0.15, -0.1) is 10.2 Å². The Morgan fingerprint density at radius 2 is 2.08 bits per heavy atom. The Bertz CT molecular complexity index is 744. The van der Waals surface area contributed by atoms with E-state index < -0.39 is 23.4 Å². The summed E-state index contributed by atoms with van der Waals surface area (Å²) in [6, 6.07) is -0.204. The van der Waals surface area contributed by atoms with Crippen molar-refractivity contribution in [1.82, 2.24) is 30.5 Å². The van der Waals surface area contributed by atoms with E-state index in [0.717, 1.165) is 23.7 Å². The Hall–Kier alpha value is -2.10. The van der Waals surface area contributed by atoms with Crippen molar-refractivity contribution in [3.63, 3.8) is 0 Å². The van der Waals surface area contributed by atoms with E-state index in [9.17, 15) is 14.4 Å². The monoisotopic (exact) mass is 380 g/mol. The summed E-state index contributed by atoms with van der Waals surface area (Å²) in [7, 11) is 0. The first-order valence-electron chi connectivity index (χ1n) is 8.80. The van der Waals surface area contributed by atoms with Gasteiger partial charge in [0.25, 0.3) is 5.91 Å². The van der Waals surface area contributed by atoms with Gasteiger partial charge in [0.15, 0.2) is 5.16 Å². The first-order valence-corrected chi connectivity index (χ1v) is 9.79. The number of nitrogens with one attached hydrogen (secondary N) is 2. The molecule has 1 saturated carbocycles. The lowest BCUT2D eigenvalue weighted by atomic mass is 10.00. The SMILES string of the molecule is CCC1(C)NC(=O)N(NC(=O)CSc2nnc(C(C)C)n2C2CC2)C1=O. The number of carbonyl (C=O) groups is 3. The van der Waals surface area contributed by atoms with E-state index in [-0.39, 0.29) is 11.7 Å². The summed E-state index contributed by atoms with van der Waals surface area (Å²) in [4.78, 5) is 36.5. The Morgan fingerprint density at radius 1 is 1.38 bits per heavy atom. The Labute approximate surface area is 156 Å². The fourth-order valence-corrected chi connectivity index (χ4v) is 3.57. The van der Waals surface area contributed by atoms with E-state index in [4.69, 9.17) is 0 Å². The normalized spacial score (nSPS) is 22.9. The van der Waals surface area contributed by atoms with Gasteiger partial charge in [-0.25, -0.2) is 4.79 Å². The van der Waals surface area contributed by atoms with Crippen LogP contribution in [0.15, 0.2) is 5.16 Å². The van der Waals surface area contributed by atoms with Gasteiger partial charge < -0.3 is 9.88 Å². The average Bonchev–Trinajstić information content (AvgIpc) is 3.30. The highest BCUT2D eigenvalue weighted by atomic mass is 32.2. The zero-order chi connectivity index (χ0) is 19.1. The Morgan fingerprint density at radius 3 is 2.62 bits per heavy atom. The van der Waals surface area contributed by atoms with Crippen molar-refractivity contribution in [1.29, 1.82) is 0 Å². The highest BCUT2D eigenvalue weighted by Gasteiger charge is 2.47. The minimum Gasteiger partial charge on any atom is -0.322 e. The number of nitrogens with zero attached hydrogens (tertiary/aromatic N) is 4. The zero-order valence-electron chi connectivity index (χ0n) is 15.4. The van der Waals surface area contributed by atoms with Crippen LogP contribution in [0.1, 0.15) is 64.7 Å². The van der Waals surface area contributed by atoms with Crippen LogP contribution < -0.4 is 10.7 Å². The van der Waals surface area contributed by atoms with Crippen LogP contribution in [0.4, 0.5) is 4.79 Å². The molecule has 26 heavy (non-hydrogen) atoms. The van der Waals surface area contributed by atoms with E-state index in [1.807, 2.05) is 0 Å². The van der Waals surface area contributed by atoms with Crippen molar-refractivity contribution in [3.05, 3.63) is 5.82 Å². The number of thioether (sulfide) groups is 1. The smallest absolute Gasteiger partial charge is 0.322 e. The topological polar surface area (TPSA) is 109 Å². The number of carbonyl (C=O) groups excluding carboxylic acids is 3. The first kappa shape index (κ1) is 18.7. The molecule has 1 aliphatic heterocycles. The molecule has 0 radical (unpaired) electrons. The molecule has 2 aliphatic rings. The fraction of sp³-hybridized carbons (Fsp3) is 0.688. The summed E-state index contributed by atoms with van der Waals surface area (Å²) < 4.78 is 2.10. The Balaban J connectivity index is 1.62. The van der Waals surface area contributed by atoms with Crippen LogP contribution in [0, 0.1) is 0 Å². The number of urea groups is 1. The van der Waals surface area contributed by atoms with E-state index in [2.05, 4.69) is 39.4 Å². The number of imide groups is 1. The lowest BCUT2D eigenvalue weighted by Gasteiger charge is -2.19. The van der Waals surface area contributed by atoms with Gasteiger partial charge in [0.05, 0.1) is 5.75 Å². The van der Waals surface area contributed by atoms with Crippen LogP contribution >= 0.6 is 11.8 Å². The summed E-state index contributed by atoms with van der Waals surface area (Å²) in [5, 5.41) is 12.5. The van der Waals surface area contributed by atoms with Crippen LogP contribution in [0.2, 0.25) is 0 Å². The number of amides is 4. The van der Waals surface area contributed by atoms with Crippen LogP contribution in [-0.2, 0) is 9.59 Å². The van der Waals surface area contributed by atoms with Crippen molar-refractivity contribution in [3.8, 4) is 0 Å². The van der Waals surface area contributed by atoms with Gasteiger partial charge in [0.1, 0.15) is 11.4 Å². The molecule has 142 valence electrons. The molecule has 2 fully saturated rings. The van der Waals surface area contributed by atoms with E-state index >= 15 is 0 Å². The van der Waals surface area contributed by atoms with Crippen LogP contribution in [0.5, 0.6) is 0 Å². The van der Waals surface area contributed by atoms with Gasteiger partial charge >= 0.3 is 6.03 Å². The maximum absolute atomic E-state index is 12.3. The summed E-state index contributed by atoms with van der Waals surface area (Å²) in [5.41, 5.74) is 1.41. The summed E-state index contributed by atoms with van der Waals surface area (Å²) in [5.74, 6) is 0.331. The van der Waals surface area contributed by atoms with Crippen molar-refractivity contribution in [2.75, 3.05) is 5.75 Å². The average molecular weight is 380 g/mol. The zero-order valence-corrected chi connectivity index (χ0v) is 16.2. The molecular formula is C16H24N6O3S. The molecule has 1 aliphatic carbocycles. The van der Waals surface area contributed by atoms with E-state index in [0.29, 0.717) is 17.6 Å². The molecule has 9 nitrogen and oxygen atoms in total. The van der Waals surface area contributed by atoms with Gasteiger partial charge in [-0.3, -0.25) is 15.0 Å². The largest absolute Gasteiger partial charge is 0.344 e. The summed E-state index contributed by atoms with van der Waals surface area (Å²) >= 11 is 1.26. The van der Waals surface area contributed by atoms with E-state index in [1.54, 1.807) is 13.8 Å². The molecule has 0 aromatic carbocycles. The lowest BCUT2D eigenvalue weighted by Crippen LogP contribution is -2.49. The molecule has 1 atom stereocenters. The third-order valence-electron chi connectivity index (χ3n) is 4.66. The maximum atomic E-state index is 12.3. The molecule has 2 heterocycles. The second kappa shape index (κ2) is 6.90. The molecular weight excluding hydrogens is 356 g/mol. The quantitative estimate of drug-likeness (QED) is 0.549. The second-order valence-corrected chi connectivity index (χ2v) is 8.12. The van der Waals surface area contributed by atoms with Crippen LogP contribution in [-0.4, -0.2) is 48.9 Å². The van der Waals surface area contributed by atoms with Gasteiger partial charge in [0.2, 0.25) is 5.91 Å². The van der Waals surface area contributed by atoms with Crippen molar-refractivity contribution >= 4 is 29.6 Å². The van der Waals surface area contributed by atoms with Gasteiger partial charge in [-0.2, -0.15) is 5.01 Å². The van der Waals surface area contributed by atoms with Crippen molar-refractivity contribution in [2.45, 2.75) is 69.6 Å². The van der Waals surface area contributed by atoms with Gasteiger partial charge in [0, 0.05) is 12.0 Å². The maximum Gasteiger partial charge on any atom is 0.344 e. The number of rotatable bonds is 7. The lowest BCUT2D eigenvalue weighted by molar-refractivity contribution is -0.137. The number of hydrazine groups is 1. The standard InChI is InChI=1S/C16H24N6O3S/c1-5-16(4)13(24)22(14(25)17-16)20-11(23)8-26-15-19-18-12(9(2)3)21(15)10-6-7-10/h9-10H,5-8H2,1-4H3,(H,17,25)(H,20,23).